The van der Waals surface area contributed by atoms with Gasteiger partial charge in [0.2, 0.25) is 0 Å². The summed E-state index contributed by atoms with van der Waals surface area (Å²) in [7, 11) is 0. The summed E-state index contributed by atoms with van der Waals surface area (Å²) in [6, 6.07) is 3.90. The molecule has 0 amide bonds. The number of nitrogen functional groups attached to an aromatic ring is 1. The minimum absolute atomic E-state index is 0.592. The maximum Gasteiger partial charge on any atom is 0.123 e. The van der Waals surface area contributed by atoms with Gasteiger partial charge in [0.25, 0.3) is 0 Å². The van der Waals surface area contributed by atoms with Crippen LogP contribution in [0.4, 0.5) is 11.5 Å². The average Bonchev–Trinajstić information content (AvgIpc) is 2.05. The van der Waals surface area contributed by atoms with Crippen molar-refractivity contribution in [3.63, 3.8) is 0 Å². The lowest BCUT2D eigenvalue weighted by Crippen LogP contribution is -2.49. The summed E-state index contributed by atoms with van der Waals surface area (Å²) in [5, 5.41) is 0. The van der Waals surface area contributed by atoms with Crippen molar-refractivity contribution >= 4 is 11.5 Å². The lowest BCUT2D eigenvalue weighted by molar-refractivity contribution is 0.309. The molecule has 0 spiro atoms. The number of hydrogen-bond acceptors (Lipinski definition) is 3. The highest BCUT2D eigenvalue weighted by Gasteiger charge is 2.28. The number of nitrogens with two attached hydrogens (primary N) is 1. The van der Waals surface area contributed by atoms with Crippen LogP contribution in [0.15, 0.2) is 18.3 Å². The van der Waals surface area contributed by atoms with E-state index in [-0.39, 0.29) is 0 Å². The Morgan fingerprint density at radius 1 is 1.43 bits per heavy atom. The van der Waals surface area contributed by atoms with Gasteiger partial charge < -0.3 is 10.6 Å². The highest BCUT2D eigenvalue weighted by atomic mass is 15.2. The summed E-state index contributed by atoms with van der Waals surface area (Å²) in [5.41, 5.74) is 6.72. The largest absolute Gasteiger partial charge is 0.384 e. The molecule has 1 fully saturated rings. The summed E-state index contributed by atoms with van der Waals surface area (Å²) in [5.74, 6) is 2.22. The number of nitrogens with zero attached hydrogens (tertiary/aromatic N) is 2. The van der Waals surface area contributed by atoms with E-state index >= 15 is 0 Å². The molecule has 1 aliphatic heterocycles. The van der Waals surface area contributed by atoms with Crippen LogP contribution < -0.4 is 10.6 Å². The first-order chi connectivity index (χ1) is 6.66. The van der Waals surface area contributed by atoms with Crippen molar-refractivity contribution < 1.29 is 0 Å². The zero-order valence-corrected chi connectivity index (χ0v) is 8.77. The predicted molar refractivity (Wildman–Crippen MR) is 59.2 cm³/mol. The van der Waals surface area contributed by atoms with Crippen molar-refractivity contribution in [1.82, 2.24) is 4.98 Å². The second-order valence-electron chi connectivity index (χ2n) is 4.35. The molecule has 1 aromatic heterocycles. The van der Waals surface area contributed by atoms with Crippen LogP contribution in [-0.4, -0.2) is 18.1 Å². The third-order valence-electron chi connectivity index (χ3n) is 2.99. The van der Waals surface area contributed by atoms with Crippen molar-refractivity contribution in [2.45, 2.75) is 13.8 Å². The smallest absolute Gasteiger partial charge is 0.123 e. The van der Waals surface area contributed by atoms with Crippen LogP contribution in [0.2, 0.25) is 0 Å². The minimum Gasteiger partial charge on any atom is -0.384 e. The van der Waals surface area contributed by atoms with Gasteiger partial charge in [0, 0.05) is 13.1 Å². The third-order valence-corrected chi connectivity index (χ3v) is 2.99. The topological polar surface area (TPSA) is 42.1 Å². The normalized spacial score (nSPS) is 17.2. The molecule has 1 aromatic rings. The van der Waals surface area contributed by atoms with Crippen LogP contribution >= 0.6 is 0 Å². The van der Waals surface area contributed by atoms with Gasteiger partial charge in [0.05, 0.1) is 11.9 Å². The molecule has 0 unspecified atom stereocenters. The summed E-state index contributed by atoms with van der Waals surface area (Å²) >= 11 is 0. The van der Waals surface area contributed by atoms with Crippen molar-refractivity contribution in [3.05, 3.63) is 18.3 Å². The fraction of sp³-hybridized carbons (Fsp3) is 0.545. The molecule has 14 heavy (non-hydrogen) atoms. The van der Waals surface area contributed by atoms with Crippen molar-refractivity contribution in [3.8, 4) is 0 Å². The third kappa shape index (κ3) is 1.67. The van der Waals surface area contributed by atoms with E-state index in [1.165, 1.54) is 5.69 Å². The highest BCUT2D eigenvalue weighted by molar-refractivity contribution is 5.50. The van der Waals surface area contributed by atoms with Gasteiger partial charge in [-0.2, -0.15) is 0 Å². The Labute approximate surface area is 84.9 Å². The van der Waals surface area contributed by atoms with Crippen molar-refractivity contribution in [1.29, 1.82) is 0 Å². The highest BCUT2D eigenvalue weighted by Crippen LogP contribution is 2.28. The molecule has 2 heterocycles. The molecule has 0 saturated carbocycles. The second kappa shape index (κ2) is 3.48. The quantitative estimate of drug-likeness (QED) is 0.774. The van der Waals surface area contributed by atoms with Gasteiger partial charge in [0.15, 0.2) is 0 Å². The monoisotopic (exact) mass is 191 g/mol. The first kappa shape index (κ1) is 9.31. The molecule has 76 valence electrons. The van der Waals surface area contributed by atoms with Gasteiger partial charge in [-0.05, 0) is 24.0 Å². The van der Waals surface area contributed by atoms with Gasteiger partial charge in [-0.3, -0.25) is 0 Å². The number of rotatable bonds is 2. The molecule has 3 nitrogen and oxygen atoms in total. The Bertz CT molecular complexity index is 299. The number of hydrogen-bond donors (Lipinski definition) is 1. The van der Waals surface area contributed by atoms with Crippen LogP contribution in [0, 0.1) is 11.8 Å². The second-order valence-corrected chi connectivity index (χ2v) is 4.35. The lowest BCUT2D eigenvalue weighted by atomic mass is 9.88. The Morgan fingerprint density at radius 2 is 2.14 bits per heavy atom. The molecule has 3 heteroatoms. The Hall–Kier alpha value is -1.25. The fourth-order valence-electron chi connectivity index (χ4n) is 1.73. The number of anilines is 2. The van der Waals surface area contributed by atoms with Gasteiger partial charge in [0.1, 0.15) is 5.82 Å². The van der Waals surface area contributed by atoms with Crippen LogP contribution in [0.3, 0.4) is 0 Å². The average molecular weight is 191 g/mol. The Kier molecular flexibility index (Phi) is 2.32. The van der Waals surface area contributed by atoms with E-state index in [1.807, 2.05) is 18.3 Å². The Morgan fingerprint density at radius 3 is 2.64 bits per heavy atom. The fourth-order valence-corrected chi connectivity index (χ4v) is 1.73. The van der Waals surface area contributed by atoms with E-state index in [2.05, 4.69) is 23.7 Å². The van der Waals surface area contributed by atoms with Crippen molar-refractivity contribution in [2.75, 3.05) is 23.7 Å². The summed E-state index contributed by atoms with van der Waals surface area (Å²) in [4.78, 5) is 6.43. The number of pyridine rings is 1. The van der Waals surface area contributed by atoms with E-state index in [1.54, 1.807) is 0 Å². The first-order valence-electron chi connectivity index (χ1n) is 5.13. The molecular formula is C11H17N3. The maximum atomic E-state index is 5.53. The van der Waals surface area contributed by atoms with E-state index in [0.717, 1.165) is 24.9 Å². The van der Waals surface area contributed by atoms with Crippen molar-refractivity contribution in [2.24, 2.45) is 11.8 Å². The lowest BCUT2D eigenvalue weighted by Gasteiger charge is -2.43. The van der Waals surface area contributed by atoms with Gasteiger partial charge >= 0.3 is 0 Å². The molecular weight excluding hydrogens is 174 g/mol. The van der Waals surface area contributed by atoms with Crippen LogP contribution in [0.1, 0.15) is 13.8 Å². The summed E-state index contributed by atoms with van der Waals surface area (Å²) in [6.07, 6.45) is 1.85. The first-order valence-corrected chi connectivity index (χ1v) is 5.13. The molecule has 0 aromatic carbocycles. The SMILES string of the molecule is CC(C)C1CN(c2ccc(N)nc2)C1. The Balaban J connectivity index is 1.96. The predicted octanol–water partition coefficient (Wildman–Crippen LogP) is 1.76. The summed E-state index contributed by atoms with van der Waals surface area (Å²) in [6.45, 7) is 6.87. The standard InChI is InChI=1S/C11H17N3/c1-8(2)9-6-14(7-9)10-3-4-11(12)13-5-10/h3-5,8-9H,6-7H2,1-2H3,(H2,12,13). The molecule has 0 atom stereocenters. The molecule has 2 rings (SSSR count). The minimum atomic E-state index is 0.592. The van der Waals surface area contributed by atoms with Crippen LogP contribution in [0.25, 0.3) is 0 Å². The molecule has 0 aliphatic carbocycles. The number of aromatic nitrogens is 1. The zero-order valence-electron chi connectivity index (χ0n) is 8.77. The van der Waals surface area contributed by atoms with Gasteiger partial charge in [-0.15, -0.1) is 0 Å². The van der Waals surface area contributed by atoms with E-state index in [4.69, 9.17) is 5.73 Å². The molecule has 0 radical (unpaired) electrons. The maximum absolute atomic E-state index is 5.53. The van der Waals surface area contributed by atoms with E-state index in [0.29, 0.717) is 5.82 Å². The van der Waals surface area contributed by atoms with E-state index in [9.17, 15) is 0 Å². The molecule has 1 aliphatic rings. The van der Waals surface area contributed by atoms with Crippen LogP contribution in [-0.2, 0) is 0 Å². The van der Waals surface area contributed by atoms with Gasteiger partial charge in [-0.1, -0.05) is 13.8 Å². The molecule has 2 N–H and O–H groups in total. The zero-order chi connectivity index (χ0) is 10.1. The molecule has 0 bridgehead atoms. The van der Waals surface area contributed by atoms with Crippen LogP contribution in [0.5, 0.6) is 0 Å². The van der Waals surface area contributed by atoms with E-state index < -0.39 is 0 Å². The molecule has 1 saturated heterocycles. The summed E-state index contributed by atoms with van der Waals surface area (Å²) < 4.78 is 0. The van der Waals surface area contributed by atoms with Gasteiger partial charge in [-0.25, -0.2) is 4.98 Å².